The Morgan fingerprint density at radius 2 is 1.68 bits per heavy atom. The van der Waals surface area contributed by atoms with E-state index in [1.54, 1.807) is 6.92 Å². The molecule has 0 atom stereocenters. The van der Waals surface area contributed by atoms with Gasteiger partial charge in [-0.15, -0.1) is 0 Å². The smallest absolute Gasteiger partial charge is 0.343 e. The molecule has 6 heteroatoms. The third-order valence-electron chi connectivity index (χ3n) is 2.71. The van der Waals surface area contributed by atoms with Gasteiger partial charge in [-0.3, -0.25) is 0 Å². The molecule has 4 nitrogen and oxygen atoms in total. The zero-order valence-electron chi connectivity index (χ0n) is 11.6. The summed E-state index contributed by atoms with van der Waals surface area (Å²) < 4.78 is 35.8. The van der Waals surface area contributed by atoms with Crippen molar-refractivity contribution in [1.82, 2.24) is 0 Å². The zero-order valence-corrected chi connectivity index (χ0v) is 11.6. The molecule has 0 amide bonds. The van der Waals surface area contributed by atoms with Gasteiger partial charge in [-0.05, 0) is 43.3 Å². The summed E-state index contributed by atoms with van der Waals surface area (Å²) in [5.74, 6) is -3.51. The monoisotopic (exact) mass is 306 g/mol. The number of esters is 2. The molecule has 0 aliphatic carbocycles. The van der Waals surface area contributed by atoms with Gasteiger partial charge in [0.15, 0.2) is 11.6 Å². The van der Waals surface area contributed by atoms with Gasteiger partial charge in [0.05, 0.1) is 17.7 Å². The Morgan fingerprint density at radius 1 is 0.955 bits per heavy atom. The normalized spacial score (nSPS) is 10.1. The number of hydrogen-bond donors (Lipinski definition) is 0. The van der Waals surface area contributed by atoms with Gasteiger partial charge in [-0.25, -0.2) is 18.4 Å². The minimum absolute atomic E-state index is 0.0975. The van der Waals surface area contributed by atoms with E-state index in [4.69, 9.17) is 9.47 Å². The molecule has 0 N–H and O–H groups in total. The van der Waals surface area contributed by atoms with E-state index in [0.29, 0.717) is 0 Å². The van der Waals surface area contributed by atoms with Crippen LogP contribution in [0.4, 0.5) is 8.78 Å². The van der Waals surface area contributed by atoms with Gasteiger partial charge in [0.1, 0.15) is 5.75 Å². The second-order valence-corrected chi connectivity index (χ2v) is 4.27. The molecule has 0 aromatic heterocycles. The number of halogens is 2. The fraction of sp³-hybridized carbons (Fsp3) is 0.125. The van der Waals surface area contributed by atoms with Gasteiger partial charge < -0.3 is 9.47 Å². The van der Waals surface area contributed by atoms with E-state index in [-0.39, 0.29) is 23.5 Å². The number of hydrogen-bond acceptors (Lipinski definition) is 4. The molecular weight excluding hydrogens is 294 g/mol. The first-order valence-corrected chi connectivity index (χ1v) is 6.45. The highest BCUT2D eigenvalue weighted by atomic mass is 19.2. The average Bonchev–Trinajstić information content (AvgIpc) is 2.50. The molecule has 0 aliphatic rings. The molecule has 114 valence electrons. The van der Waals surface area contributed by atoms with E-state index in [0.717, 1.165) is 18.2 Å². The van der Waals surface area contributed by atoms with Crippen molar-refractivity contribution >= 4 is 11.9 Å². The average molecular weight is 306 g/mol. The Morgan fingerprint density at radius 3 is 2.36 bits per heavy atom. The van der Waals surface area contributed by atoms with Crippen molar-refractivity contribution in [2.24, 2.45) is 0 Å². The Balaban J connectivity index is 2.16. The van der Waals surface area contributed by atoms with Gasteiger partial charge in [0, 0.05) is 0 Å². The van der Waals surface area contributed by atoms with Crippen LogP contribution >= 0.6 is 0 Å². The van der Waals surface area contributed by atoms with Crippen molar-refractivity contribution in [1.29, 1.82) is 0 Å². The maximum atomic E-state index is 13.1. The topological polar surface area (TPSA) is 52.6 Å². The number of ether oxygens (including phenoxy) is 2. The molecule has 0 bridgehead atoms. The quantitative estimate of drug-likeness (QED) is 0.642. The first kappa shape index (κ1) is 15.6. The Labute approximate surface area is 125 Å². The van der Waals surface area contributed by atoms with Crippen molar-refractivity contribution < 1.29 is 27.8 Å². The lowest BCUT2D eigenvalue weighted by Crippen LogP contribution is -2.10. The van der Waals surface area contributed by atoms with Gasteiger partial charge in [-0.1, -0.05) is 6.07 Å². The summed E-state index contributed by atoms with van der Waals surface area (Å²) in [5.41, 5.74) is 0.0814. The standard InChI is InChI=1S/C16H12F2O4/c1-2-21-15(19)10-4-3-5-12(8-10)22-16(20)11-6-7-13(17)14(18)9-11/h3-9H,2H2,1H3. The number of benzene rings is 2. The Hall–Kier alpha value is -2.76. The van der Waals surface area contributed by atoms with Crippen molar-refractivity contribution in [2.45, 2.75) is 6.92 Å². The van der Waals surface area contributed by atoms with Crippen LogP contribution in [0.1, 0.15) is 27.6 Å². The molecule has 0 unspecified atom stereocenters. The van der Waals surface area contributed by atoms with Crippen molar-refractivity contribution in [3.05, 3.63) is 65.2 Å². The van der Waals surface area contributed by atoms with E-state index in [9.17, 15) is 18.4 Å². The fourth-order valence-corrected chi connectivity index (χ4v) is 1.69. The summed E-state index contributed by atoms with van der Waals surface area (Å²) in [4.78, 5) is 23.4. The molecule has 2 aromatic carbocycles. The summed E-state index contributed by atoms with van der Waals surface area (Å²) in [7, 11) is 0. The Kier molecular flexibility index (Phi) is 4.83. The minimum Gasteiger partial charge on any atom is -0.462 e. The number of carbonyl (C=O) groups excluding carboxylic acids is 2. The van der Waals surface area contributed by atoms with Gasteiger partial charge in [0.2, 0.25) is 0 Å². The van der Waals surface area contributed by atoms with Crippen LogP contribution in [0.5, 0.6) is 5.75 Å². The zero-order chi connectivity index (χ0) is 16.1. The Bertz CT molecular complexity index is 713. The fourth-order valence-electron chi connectivity index (χ4n) is 1.69. The maximum absolute atomic E-state index is 13.1. The number of rotatable bonds is 4. The SMILES string of the molecule is CCOC(=O)c1cccc(OC(=O)c2ccc(F)c(F)c2)c1. The van der Waals surface area contributed by atoms with E-state index >= 15 is 0 Å². The molecule has 0 saturated carbocycles. The maximum Gasteiger partial charge on any atom is 0.343 e. The molecule has 0 heterocycles. The van der Waals surface area contributed by atoms with Crippen LogP contribution in [0, 0.1) is 11.6 Å². The lowest BCUT2D eigenvalue weighted by Gasteiger charge is -2.06. The molecule has 2 aromatic rings. The van der Waals surface area contributed by atoms with E-state index in [1.165, 1.54) is 24.3 Å². The van der Waals surface area contributed by atoms with Crippen molar-refractivity contribution in [2.75, 3.05) is 6.61 Å². The van der Waals surface area contributed by atoms with Crippen LogP contribution in [-0.4, -0.2) is 18.5 Å². The van der Waals surface area contributed by atoms with Crippen LogP contribution < -0.4 is 4.74 Å². The van der Waals surface area contributed by atoms with Crippen LogP contribution in [0.3, 0.4) is 0 Å². The third kappa shape index (κ3) is 3.66. The lowest BCUT2D eigenvalue weighted by molar-refractivity contribution is 0.0524. The van der Waals surface area contributed by atoms with E-state index < -0.39 is 23.6 Å². The van der Waals surface area contributed by atoms with Crippen LogP contribution in [0.2, 0.25) is 0 Å². The number of carbonyl (C=O) groups is 2. The van der Waals surface area contributed by atoms with Crippen molar-refractivity contribution in [3.8, 4) is 5.75 Å². The minimum atomic E-state index is -1.14. The van der Waals surface area contributed by atoms with E-state index in [1.807, 2.05) is 0 Å². The summed E-state index contributed by atoms with van der Waals surface area (Å²) in [5, 5.41) is 0. The molecule has 0 saturated heterocycles. The summed E-state index contributed by atoms with van der Waals surface area (Å²) >= 11 is 0. The van der Waals surface area contributed by atoms with Gasteiger partial charge in [-0.2, -0.15) is 0 Å². The summed E-state index contributed by atoms with van der Waals surface area (Å²) in [6, 6.07) is 8.49. The predicted molar refractivity (Wildman–Crippen MR) is 73.7 cm³/mol. The summed E-state index contributed by atoms with van der Waals surface area (Å²) in [6.07, 6.45) is 0. The van der Waals surface area contributed by atoms with Gasteiger partial charge >= 0.3 is 11.9 Å². The first-order valence-electron chi connectivity index (χ1n) is 6.45. The molecule has 0 fully saturated rings. The highest BCUT2D eigenvalue weighted by Crippen LogP contribution is 2.17. The predicted octanol–water partition coefficient (Wildman–Crippen LogP) is 3.36. The van der Waals surface area contributed by atoms with E-state index in [2.05, 4.69) is 0 Å². The summed E-state index contributed by atoms with van der Waals surface area (Å²) in [6.45, 7) is 1.89. The molecular formula is C16H12F2O4. The first-order chi connectivity index (χ1) is 10.5. The molecule has 2 rings (SSSR count). The van der Waals surface area contributed by atoms with Crippen LogP contribution in [-0.2, 0) is 4.74 Å². The van der Waals surface area contributed by atoms with Crippen LogP contribution in [0.25, 0.3) is 0 Å². The third-order valence-corrected chi connectivity index (χ3v) is 2.71. The lowest BCUT2D eigenvalue weighted by atomic mass is 10.2. The second kappa shape index (κ2) is 6.80. The van der Waals surface area contributed by atoms with Crippen molar-refractivity contribution in [3.63, 3.8) is 0 Å². The second-order valence-electron chi connectivity index (χ2n) is 4.27. The molecule has 0 spiro atoms. The van der Waals surface area contributed by atoms with Gasteiger partial charge in [0.25, 0.3) is 0 Å². The molecule has 22 heavy (non-hydrogen) atoms. The highest BCUT2D eigenvalue weighted by Gasteiger charge is 2.13. The molecule has 0 aliphatic heterocycles. The largest absolute Gasteiger partial charge is 0.462 e. The highest BCUT2D eigenvalue weighted by molar-refractivity contribution is 5.92. The van der Waals surface area contributed by atoms with Crippen LogP contribution in [0.15, 0.2) is 42.5 Å². The molecule has 0 radical (unpaired) electrons.